The molecule has 31 heavy (non-hydrogen) atoms. The predicted octanol–water partition coefficient (Wildman–Crippen LogP) is 0.587. The van der Waals surface area contributed by atoms with Gasteiger partial charge in [-0.1, -0.05) is 0 Å². The Morgan fingerprint density at radius 1 is 1.00 bits per heavy atom. The fourth-order valence-electron chi connectivity index (χ4n) is 3.67. The van der Waals surface area contributed by atoms with Gasteiger partial charge in [0.25, 0.3) is 0 Å². The van der Waals surface area contributed by atoms with E-state index in [0.717, 1.165) is 27.6 Å². The summed E-state index contributed by atoms with van der Waals surface area (Å²) >= 11 is 0. The molecule has 2 aromatic rings. The molecule has 1 aliphatic carbocycles. The van der Waals surface area contributed by atoms with Gasteiger partial charge in [-0.3, -0.25) is 0 Å². The Morgan fingerprint density at radius 2 is 1.74 bits per heavy atom. The number of nitrogens with zero attached hydrogens (tertiary/aromatic N) is 2. The van der Waals surface area contributed by atoms with Crippen LogP contribution >= 0.6 is 0 Å². The number of nitrogen functional groups attached to an aromatic ring is 1. The highest BCUT2D eigenvalue weighted by Gasteiger charge is 2.22. The number of carboxylic acid groups (broad SMARTS) is 1. The Bertz CT molecular complexity index is 1340. The maximum atomic E-state index is 12.0. The van der Waals surface area contributed by atoms with E-state index in [0.29, 0.717) is 22.6 Å². The molecule has 2 aromatic carbocycles. The zero-order chi connectivity index (χ0) is 21.6. The molecule has 0 unspecified atom stereocenters. The van der Waals surface area contributed by atoms with Gasteiger partial charge in [0.15, 0.2) is 0 Å². The molecule has 160 valence electrons. The number of anilines is 2. The fraction of sp³-hybridized carbons (Fsp3) is 0.167. The van der Waals surface area contributed by atoms with Crippen molar-refractivity contribution >= 4 is 28.3 Å². The standard InChI is InChI=1S/C24H23N3O3.ClH/c1-26(2)15-6-9-18-21(12-15)30-22-13-16(27(3)4)7-10-19(22)23(18)20-11-14(25)5-8-17(20)24(28)29;/h5-13H,25H2,1-4H3;1H. The molecule has 0 fully saturated rings. The third kappa shape index (κ3) is 3.94. The second-order valence-electron chi connectivity index (χ2n) is 7.74. The molecule has 7 heteroatoms. The van der Waals surface area contributed by atoms with E-state index in [1.54, 1.807) is 18.2 Å². The summed E-state index contributed by atoms with van der Waals surface area (Å²) in [7, 11) is 7.86. The number of rotatable bonds is 3. The predicted molar refractivity (Wildman–Crippen MR) is 121 cm³/mol. The second-order valence-corrected chi connectivity index (χ2v) is 7.74. The van der Waals surface area contributed by atoms with Gasteiger partial charge in [-0.2, -0.15) is 0 Å². The number of aromatic carboxylic acids is 1. The normalized spacial score (nSPS) is 10.7. The van der Waals surface area contributed by atoms with Gasteiger partial charge in [-0.05, 0) is 42.0 Å². The highest BCUT2D eigenvalue weighted by molar-refractivity contribution is 6.08. The van der Waals surface area contributed by atoms with Gasteiger partial charge in [0.2, 0.25) is 5.36 Å². The Labute approximate surface area is 186 Å². The molecular weight excluding hydrogens is 414 g/mol. The summed E-state index contributed by atoms with van der Waals surface area (Å²) in [5.74, 6) is -0.319. The van der Waals surface area contributed by atoms with Crippen molar-refractivity contribution in [1.82, 2.24) is 4.58 Å². The number of hydrogen-bond donors (Lipinski definition) is 2. The summed E-state index contributed by atoms with van der Waals surface area (Å²) in [4.78, 5) is 14.0. The zero-order valence-corrected chi connectivity index (χ0v) is 18.6. The van der Waals surface area contributed by atoms with E-state index in [1.807, 2.05) is 74.1 Å². The molecule has 0 saturated heterocycles. The van der Waals surface area contributed by atoms with Gasteiger partial charge in [0, 0.05) is 54.1 Å². The molecular formula is C24H24ClN3O3. The van der Waals surface area contributed by atoms with Crippen molar-refractivity contribution in [1.29, 1.82) is 0 Å². The molecule has 0 radical (unpaired) electrons. The number of halogens is 1. The summed E-state index contributed by atoms with van der Waals surface area (Å²) in [6.45, 7) is 0. The van der Waals surface area contributed by atoms with Crippen LogP contribution in [0.4, 0.5) is 11.4 Å². The fourth-order valence-corrected chi connectivity index (χ4v) is 3.67. The summed E-state index contributed by atoms with van der Waals surface area (Å²) in [6.07, 6.45) is 0. The minimum absolute atomic E-state index is 0. The van der Waals surface area contributed by atoms with Crippen LogP contribution in [0.2, 0.25) is 0 Å². The van der Waals surface area contributed by atoms with Crippen molar-refractivity contribution in [2.75, 3.05) is 38.8 Å². The number of carbonyl (C=O) groups is 1. The van der Waals surface area contributed by atoms with Gasteiger partial charge in [-0.25, -0.2) is 9.37 Å². The maximum absolute atomic E-state index is 12.0. The van der Waals surface area contributed by atoms with Crippen molar-refractivity contribution in [3.8, 4) is 22.5 Å². The first-order chi connectivity index (χ1) is 14.3. The van der Waals surface area contributed by atoms with E-state index in [1.165, 1.54) is 0 Å². The van der Waals surface area contributed by atoms with Crippen LogP contribution in [-0.2, 0) is 0 Å². The van der Waals surface area contributed by atoms with Crippen LogP contribution in [0.25, 0.3) is 33.4 Å². The molecule has 0 amide bonds. The van der Waals surface area contributed by atoms with Gasteiger partial charge >= 0.3 is 5.97 Å². The zero-order valence-electron chi connectivity index (χ0n) is 17.8. The monoisotopic (exact) mass is 437 g/mol. The summed E-state index contributed by atoms with van der Waals surface area (Å²) in [5, 5.41) is 11.6. The average molecular weight is 438 g/mol. The largest absolute Gasteiger partial charge is 1.00 e. The van der Waals surface area contributed by atoms with Crippen LogP contribution in [0, 0.1) is 0 Å². The van der Waals surface area contributed by atoms with Crippen LogP contribution in [0.15, 0.2) is 59.0 Å². The average Bonchev–Trinajstić information content (AvgIpc) is 2.70. The van der Waals surface area contributed by atoms with Crippen LogP contribution in [0.3, 0.4) is 0 Å². The number of hydrogen-bond acceptors (Lipinski definition) is 4. The molecule has 1 aliphatic heterocycles. The number of benzene rings is 3. The van der Waals surface area contributed by atoms with Crippen molar-refractivity contribution in [2.24, 2.45) is 0 Å². The van der Waals surface area contributed by atoms with Crippen molar-refractivity contribution in [3.63, 3.8) is 0 Å². The first kappa shape index (κ1) is 22.2. The lowest BCUT2D eigenvalue weighted by molar-refractivity contribution is -0.0000221. The Morgan fingerprint density at radius 3 is 2.39 bits per heavy atom. The lowest BCUT2D eigenvalue weighted by atomic mass is 9.90. The van der Waals surface area contributed by atoms with Crippen LogP contribution in [0.1, 0.15) is 10.4 Å². The summed E-state index contributed by atoms with van der Waals surface area (Å²) in [5.41, 5.74) is 10.6. The molecule has 0 saturated carbocycles. The molecule has 2 aliphatic rings. The Balaban J connectivity index is 0.00000272. The smallest absolute Gasteiger partial charge is 0.336 e. The third-order valence-corrected chi connectivity index (χ3v) is 5.27. The van der Waals surface area contributed by atoms with E-state index < -0.39 is 5.97 Å². The third-order valence-electron chi connectivity index (χ3n) is 5.27. The van der Waals surface area contributed by atoms with E-state index in [2.05, 4.69) is 0 Å². The van der Waals surface area contributed by atoms with Crippen LogP contribution < -0.4 is 33.0 Å². The van der Waals surface area contributed by atoms with Crippen molar-refractivity contribution in [2.45, 2.75) is 0 Å². The topological polar surface area (TPSA) is 82.7 Å². The first-order valence-corrected chi connectivity index (χ1v) is 9.57. The van der Waals surface area contributed by atoms with E-state index in [9.17, 15) is 9.90 Å². The molecule has 0 bridgehead atoms. The second kappa shape index (κ2) is 8.32. The van der Waals surface area contributed by atoms with Gasteiger partial charge in [0.1, 0.15) is 25.4 Å². The Hall–Kier alpha value is -3.51. The van der Waals surface area contributed by atoms with Gasteiger partial charge < -0.3 is 32.6 Å². The lowest BCUT2D eigenvalue weighted by Crippen LogP contribution is -3.00. The lowest BCUT2D eigenvalue weighted by Gasteiger charge is -2.19. The molecule has 3 N–H and O–H groups in total. The van der Waals surface area contributed by atoms with Gasteiger partial charge in [0.05, 0.1) is 11.6 Å². The SMILES string of the molecule is CN(C)c1ccc2c(-c3cc(N)ccc3C(=O)O)c3ccc(=[N+](C)C)cc-3oc2c1.[Cl-]. The highest BCUT2D eigenvalue weighted by atomic mass is 35.5. The number of carboxylic acids is 1. The Kier molecular flexibility index (Phi) is 5.95. The van der Waals surface area contributed by atoms with E-state index >= 15 is 0 Å². The quantitative estimate of drug-likeness (QED) is 0.278. The summed E-state index contributed by atoms with van der Waals surface area (Å²) in [6, 6.07) is 16.7. The molecule has 4 rings (SSSR count). The minimum Gasteiger partial charge on any atom is -1.00 e. The molecule has 6 nitrogen and oxygen atoms in total. The molecule has 0 atom stereocenters. The first-order valence-electron chi connectivity index (χ1n) is 9.57. The van der Waals surface area contributed by atoms with E-state index in [-0.39, 0.29) is 18.0 Å². The highest BCUT2D eigenvalue weighted by Crippen LogP contribution is 2.42. The van der Waals surface area contributed by atoms with Gasteiger partial charge in [-0.15, -0.1) is 0 Å². The number of fused-ring (bicyclic) bond motifs is 2. The van der Waals surface area contributed by atoms with Crippen molar-refractivity contribution < 1.29 is 26.7 Å². The van der Waals surface area contributed by atoms with Crippen LogP contribution in [-0.4, -0.2) is 39.3 Å². The molecule has 1 heterocycles. The maximum Gasteiger partial charge on any atom is 0.336 e. The van der Waals surface area contributed by atoms with Crippen LogP contribution in [0.5, 0.6) is 0 Å². The molecule has 0 spiro atoms. The van der Waals surface area contributed by atoms with E-state index in [4.69, 9.17) is 10.2 Å². The van der Waals surface area contributed by atoms with Crippen molar-refractivity contribution in [3.05, 3.63) is 65.5 Å². The number of nitrogens with two attached hydrogens (primary N) is 1. The molecule has 0 aromatic heterocycles. The summed E-state index contributed by atoms with van der Waals surface area (Å²) < 4.78 is 8.29. The minimum atomic E-state index is -0.998.